The first-order valence-electron chi connectivity index (χ1n) is 10.4. The van der Waals surface area contributed by atoms with E-state index in [-0.39, 0.29) is 0 Å². The predicted molar refractivity (Wildman–Crippen MR) is 124 cm³/mol. The number of anilines is 2. The van der Waals surface area contributed by atoms with Crippen LogP contribution in [-0.2, 0) is 6.42 Å². The van der Waals surface area contributed by atoms with Gasteiger partial charge in [-0.1, -0.05) is 92.4 Å². The lowest BCUT2D eigenvalue weighted by Gasteiger charge is -2.08. The number of aryl methyl sites for hydroxylation is 2. The molecule has 0 aromatic heterocycles. The summed E-state index contributed by atoms with van der Waals surface area (Å²) in [5, 5.41) is 3.49. The summed E-state index contributed by atoms with van der Waals surface area (Å²) in [5.41, 5.74) is 7.40. The van der Waals surface area contributed by atoms with E-state index in [4.69, 9.17) is 0 Å². The molecular weight excluding hydrogens is 338 g/mol. The molecule has 1 N–H and O–H groups in total. The average molecular weight is 370 g/mol. The van der Waals surface area contributed by atoms with Crippen LogP contribution in [0.2, 0.25) is 0 Å². The number of hydrogen-bond acceptors (Lipinski definition) is 1. The maximum Gasteiger partial charge on any atom is 0.0384 e. The summed E-state index contributed by atoms with van der Waals surface area (Å²) in [5.74, 6) is 0. The number of rotatable bonds is 9. The molecule has 3 aromatic rings. The maximum absolute atomic E-state index is 3.49. The lowest BCUT2D eigenvalue weighted by Crippen LogP contribution is -1.91. The zero-order chi connectivity index (χ0) is 19.6. The maximum atomic E-state index is 3.49. The smallest absolute Gasteiger partial charge is 0.0384 e. The van der Waals surface area contributed by atoms with E-state index >= 15 is 0 Å². The Hall–Kier alpha value is -2.80. The van der Waals surface area contributed by atoms with Gasteiger partial charge in [-0.3, -0.25) is 0 Å². The van der Waals surface area contributed by atoms with Crippen molar-refractivity contribution in [1.29, 1.82) is 0 Å². The van der Waals surface area contributed by atoms with Crippen molar-refractivity contribution in [3.05, 3.63) is 95.1 Å². The molecule has 0 aliphatic rings. The second-order valence-electron chi connectivity index (χ2n) is 7.50. The van der Waals surface area contributed by atoms with Crippen molar-refractivity contribution < 1.29 is 0 Å². The Bertz CT molecular complexity index is 856. The van der Waals surface area contributed by atoms with Gasteiger partial charge in [0.15, 0.2) is 0 Å². The Labute approximate surface area is 170 Å². The molecule has 3 aromatic carbocycles. The molecule has 0 saturated carbocycles. The van der Waals surface area contributed by atoms with E-state index in [1.807, 2.05) is 0 Å². The third-order valence-corrected chi connectivity index (χ3v) is 5.02. The molecule has 3 rings (SSSR count). The Morgan fingerprint density at radius 1 is 0.643 bits per heavy atom. The summed E-state index contributed by atoms with van der Waals surface area (Å²) in [7, 11) is 0. The molecule has 0 amide bonds. The van der Waals surface area contributed by atoms with Crippen LogP contribution >= 0.6 is 0 Å². The number of unbranched alkanes of at least 4 members (excludes halogenated alkanes) is 3. The zero-order valence-corrected chi connectivity index (χ0v) is 17.1. The highest BCUT2D eigenvalue weighted by atomic mass is 14.9. The van der Waals surface area contributed by atoms with Gasteiger partial charge in [0.25, 0.3) is 0 Å². The Kier molecular flexibility index (Phi) is 7.49. The molecule has 0 heterocycles. The number of nitrogens with one attached hydrogen (secondary N) is 1. The van der Waals surface area contributed by atoms with Crippen LogP contribution in [0.1, 0.15) is 54.9 Å². The normalized spacial score (nSPS) is 11.1. The highest BCUT2D eigenvalue weighted by Gasteiger charge is 1.97. The van der Waals surface area contributed by atoms with Crippen molar-refractivity contribution in [2.24, 2.45) is 0 Å². The van der Waals surface area contributed by atoms with E-state index in [2.05, 4.69) is 104 Å². The third kappa shape index (κ3) is 6.42. The van der Waals surface area contributed by atoms with Crippen molar-refractivity contribution in [3.8, 4) is 0 Å². The van der Waals surface area contributed by atoms with Crippen LogP contribution in [0.3, 0.4) is 0 Å². The lowest BCUT2D eigenvalue weighted by molar-refractivity contribution is 0.667. The first kappa shape index (κ1) is 19.9. The number of benzene rings is 3. The minimum Gasteiger partial charge on any atom is -0.356 e. The van der Waals surface area contributed by atoms with Crippen molar-refractivity contribution >= 4 is 23.5 Å². The minimum atomic E-state index is 1.11. The van der Waals surface area contributed by atoms with Crippen molar-refractivity contribution in [1.82, 2.24) is 0 Å². The number of hydrogen-bond donors (Lipinski definition) is 1. The molecule has 0 radical (unpaired) electrons. The molecule has 28 heavy (non-hydrogen) atoms. The van der Waals surface area contributed by atoms with Crippen LogP contribution in [-0.4, -0.2) is 0 Å². The fraction of sp³-hybridized carbons (Fsp3) is 0.259. The van der Waals surface area contributed by atoms with Gasteiger partial charge in [0.1, 0.15) is 0 Å². The van der Waals surface area contributed by atoms with Gasteiger partial charge in [0.2, 0.25) is 0 Å². The van der Waals surface area contributed by atoms with E-state index in [0.29, 0.717) is 0 Å². The van der Waals surface area contributed by atoms with Gasteiger partial charge in [0, 0.05) is 11.4 Å². The van der Waals surface area contributed by atoms with E-state index in [1.165, 1.54) is 54.4 Å². The molecule has 0 aliphatic carbocycles. The molecule has 0 fully saturated rings. The fourth-order valence-electron chi connectivity index (χ4n) is 3.22. The van der Waals surface area contributed by atoms with Gasteiger partial charge in [-0.25, -0.2) is 0 Å². The van der Waals surface area contributed by atoms with Crippen LogP contribution in [0.15, 0.2) is 72.8 Å². The van der Waals surface area contributed by atoms with Gasteiger partial charge in [-0.15, -0.1) is 0 Å². The molecule has 0 aliphatic heterocycles. The second kappa shape index (κ2) is 10.5. The van der Waals surface area contributed by atoms with Crippen molar-refractivity contribution in [2.45, 2.75) is 46.0 Å². The van der Waals surface area contributed by atoms with E-state index in [9.17, 15) is 0 Å². The zero-order valence-electron chi connectivity index (χ0n) is 17.1. The van der Waals surface area contributed by atoms with E-state index in [0.717, 1.165) is 11.4 Å². The Balaban J connectivity index is 1.53. The Morgan fingerprint density at radius 2 is 1.18 bits per heavy atom. The van der Waals surface area contributed by atoms with Crippen LogP contribution in [0.4, 0.5) is 11.4 Å². The van der Waals surface area contributed by atoms with Crippen LogP contribution in [0.25, 0.3) is 12.2 Å². The van der Waals surface area contributed by atoms with Gasteiger partial charge >= 0.3 is 0 Å². The van der Waals surface area contributed by atoms with Gasteiger partial charge < -0.3 is 5.32 Å². The van der Waals surface area contributed by atoms with Gasteiger partial charge in [-0.2, -0.15) is 0 Å². The fourth-order valence-corrected chi connectivity index (χ4v) is 3.22. The first-order valence-corrected chi connectivity index (χ1v) is 10.4. The SMILES string of the molecule is CCCCCCc1ccc(Nc2ccc(/C=C/c3ccc(C)cc3)cc2)cc1. The van der Waals surface area contributed by atoms with E-state index < -0.39 is 0 Å². The molecule has 0 saturated heterocycles. The molecule has 1 heteroatoms. The summed E-state index contributed by atoms with van der Waals surface area (Å²) in [6, 6.07) is 26.0. The van der Waals surface area contributed by atoms with E-state index in [1.54, 1.807) is 0 Å². The lowest BCUT2D eigenvalue weighted by atomic mass is 10.1. The topological polar surface area (TPSA) is 12.0 Å². The summed E-state index contributed by atoms with van der Waals surface area (Å²) < 4.78 is 0. The third-order valence-electron chi connectivity index (χ3n) is 5.02. The molecule has 0 atom stereocenters. The quantitative estimate of drug-likeness (QED) is 0.297. The molecule has 144 valence electrons. The summed E-state index contributed by atoms with van der Waals surface area (Å²) in [4.78, 5) is 0. The molecule has 0 unspecified atom stereocenters. The van der Waals surface area contributed by atoms with Crippen molar-refractivity contribution in [3.63, 3.8) is 0 Å². The van der Waals surface area contributed by atoms with Gasteiger partial charge in [0.05, 0.1) is 0 Å². The van der Waals surface area contributed by atoms with Gasteiger partial charge in [-0.05, 0) is 60.7 Å². The van der Waals surface area contributed by atoms with Crippen molar-refractivity contribution in [2.75, 3.05) is 5.32 Å². The molecule has 0 bridgehead atoms. The first-order chi connectivity index (χ1) is 13.7. The van der Waals surface area contributed by atoms with Crippen LogP contribution in [0, 0.1) is 6.92 Å². The Morgan fingerprint density at radius 3 is 1.75 bits per heavy atom. The molecule has 1 nitrogen and oxygen atoms in total. The second-order valence-corrected chi connectivity index (χ2v) is 7.50. The molecule has 0 spiro atoms. The average Bonchev–Trinajstić information content (AvgIpc) is 2.73. The summed E-state index contributed by atoms with van der Waals surface area (Å²) in [6.07, 6.45) is 10.8. The highest BCUT2D eigenvalue weighted by molar-refractivity contribution is 5.71. The molecular formula is C27H31N. The largest absolute Gasteiger partial charge is 0.356 e. The summed E-state index contributed by atoms with van der Waals surface area (Å²) in [6.45, 7) is 4.37. The summed E-state index contributed by atoms with van der Waals surface area (Å²) >= 11 is 0. The van der Waals surface area contributed by atoms with Crippen LogP contribution < -0.4 is 5.32 Å². The highest BCUT2D eigenvalue weighted by Crippen LogP contribution is 2.19. The predicted octanol–water partition coefficient (Wildman–Crippen LogP) is 8.03. The monoisotopic (exact) mass is 369 g/mol. The standard InChI is InChI=1S/C27H31N/c1-3-4-5-6-7-23-14-18-26(19-15-23)28-27-20-16-25(17-21-27)13-12-24-10-8-22(2)9-11-24/h8-21,28H,3-7H2,1-2H3/b13-12+. The minimum absolute atomic E-state index is 1.11. The van der Waals surface area contributed by atoms with Crippen LogP contribution in [0.5, 0.6) is 0 Å².